The Morgan fingerprint density at radius 2 is 1.86 bits per heavy atom. The number of fused-ring (bicyclic) bond motifs is 1. The van der Waals surface area contributed by atoms with Crippen molar-refractivity contribution in [2.75, 3.05) is 13.1 Å². The molecule has 0 saturated heterocycles. The van der Waals surface area contributed by atoms with Gasteiger partial charge < -0.3 is 5.32 Å². The van der Waals surface area contributed by atoms with Gasteiger partial charge in [0.2, 0.25) is 0 Å². The van der Waals surface area contributed by atoms with Crippen LogP contribution >= 0.6 is 0 Å². The zero-order chi connectivity index (χ0) is 14.5. The Bertz CT molecular complexity index is 690. The summed E-state index contributed by atoms with van der Waals surface area (Å²) < 4.78 is 2.04. The van der Waals surface area contributed by atoms with Crippen molar-refractivity contribution in [2.24, 2.45) is 0 Å². The van der Waals surface area contributed by atoms with Crippen molar-refractivity contribution in [3.8, 4) is 0 Å². The van der Waals surface area contributed by atoms with Crippen molar-refractivity contribution in [1.82, 2.24) is 19.9 Å². The summed E-state index contributed by atoms with van der Waals surface area (Å²) in [5.41, 5.74) is 2.28. The lowest BCUT2D eigenvalue weighted by atomic mass is 10.0. The Kier molecular flexibility index (Phi) is 4.26. The molecule has 1 atom stereocenters. The number of rotatable bonds is 6. The molecule has 0 radical (unpaired) electrons. The van der Waals surface area contributed by atoms with E-state index in [1.807, 2.05) is 28.8 Å². The highest BCUT2D eigenvalue weighted by Gasteiger charge is 2.06. The van der Waals surface area contributed by atoms with Gasteiger partial charge in [0.25, 0.3) is 0 Å². The molecule has 0 amide bonds. The first-order valence-corrected chi connectivity index (χ1v) is 7.39. The quantitative estimate of drug-likeness (QED) is 0.706. The fraction of sp³-hybridized carbons (Fsp3) is 0.294. The Morgan fingerprint density at radius 3 is 2.71 bits per heavy atom. The molecule has 4 nitrogen and oxygen atoms in total. The van der Waals surface area contributed by atoms with Crippen LogP contribution in [0.4, 0.5) is 0 Å². The fourth-order valence-electron chi connectivity index (χ4n) is 2.48. The largest absolute Gasteiger partial charge is 0.316 e. The van der Waals surface area contributed by atoms with E-state index in [1.54, 1.807) is 0 Å². The van der Waals surface area contributed by atoms with E-state index in [0.717, 1.165) is 31.0 Å². The number of hydrogen-bond acceptors (Lipinski definition) is 3. The van der Waals surface area contributed by atoms with Crippen LogP contribution in [0.1, 0.15) is 24.2 Å². The van der Waals surface area contributed by atoms with Crippen LogP contribution in [0.25, 0.3) is 5.65 Å². The Labute approximate surface area is 124 Å². The van der Waals surface area contributed by atoms with Gasteiger partial charge in [0.1, 0.15) is 5.82 Å². The number of benzene rings is 1. The molecule has 1 aromatic carbocycles. The minimum atomic E-state index is 0.515. The summed E-state index contributed by atoms with van der Waals surface area (Å²) in [6.07, 6.45) is 2.89. The molecule has 0 saturated carbocycles. The van der Waals surface area contributed by atoms with Crippen molar-refractivity contribution >= 4 is 5.65 Å². The van der Waals surface area contributed by atoms with Crippen LogP contribution in [-0.4, -0.2) is 27.7 Å². The second kappa shape index (κ2) is 6.50. The topological polar surface area (TPSA) is 42.2 Å². The molecule has 0 aliphatic rings. The highest BCUT2D eigenvalue weighted by Crippen LogP contribution is 2.12. The maximum atomic E-state index is 4.24. The van der Waals surface area contributed by atoms with E-state index < -0.39 is 0 Å². The smallest absolute Gasteiger partial charge is 0.160 e. The van der Waals surface area contributed by atoms with Crippen molar-refractivity contribution in [3.63, 3.8) is 0 Å². The molecule has 0 spiro atoms. The Hall–Kier alpha value is -2.20. The Morgan fingerprint density at radius 1 is 1.05 bits per heavy atom. The van der Waals surface area contributed by atoms with Gasteiger partial charge in [-0.3, -0.25) is 4.40 Å². The van der Waals surface area contributed by atoms with E-state index in [9.17, 15) is 0 Å². The molecule has 21 heavy (non-hydrogen) atoms. The van der Waals surface area contributed by atoms with E-state index in [2.05, 4.69) is 52.8 Å². The maximum absolute atomic E-state index is 4.24. The lowest BCUT2D eigenvalue weighted by Gasteiger charge is -2.12. The van der Waals surface area contributed by atoms with Gasteiger partial charge in [-0.1, -0.05) is 43.3 Å². The summed E-state index contributed by atoms with van der Waals surface area (Å²) in [5.74, 6) is 1.52. The minimum Gasteiger partial charge on any atom is -0.316 e. The van der Waals surface area contributed by atoms with E-state index in [0.29, 0.717) is 5.92 Å². The van der Waals surface area contributed by atoms with Crippen LogP contribution in [0.3, 0.4) is 0 Å². The van der Waals surface area contributed by atoms with E-state index in [-0.39, 0.29) is 0 Å². The molecule has 0 aliphatic heterocycles. The lowest BCUT2D eigenvalue weighted by Crippen LogP contribution is -2.23. The second-order valence-corrected chi connectivity index (χ2v) is 5.31. The first-order chi connectivity index (χ1) is 10.3. The highest BCUT2D eigenvalue weighted by atomic mass is 15.2. The molecule has 0 fully saturated rings. The van der Waals surface area contributed by atoms with Gasteiger partial charge in [-0.05, 0) is 23.6 Å². The summed E-state index contributed by atoms with van der Waals surface area (Å²) in [7, 11) is 0. The summed E-state index contributed by atoms with van der Waals surface area (Å²) >= 11 is 0. The van der Waals surface area contributed by atoms with E-state index in [1.165, 1.54) is 5.56 Å². The molecule has 2 aromatic heterocycles. The van der Waals surface area contributed by atoms with E-state index >= 15 is 0 Å². The second-order valence-electron chi connectivity index (χ2n) is 5.31. The molecular formula is C17H20N4. The van der Waals surface area contributed by atoms with Gasteiger partial charge in [0.15, 0.2) is 5.65 Å². The third kappa shape index (κ3) is 3.28. The van der Waals surface area contributed by atoms with Crippen LogP contribution in [0.15, 0.2) is 54.7 Å². The average molecular weight is 280 g/mol. The van der Waals surface area contributed by atoms with Crippen molar-refractivity contribution in [3.05, 3.63) is 66.1 Å². The predicted octanol–water partition coefficient (Wildman–Crippen LogP) is 2.67. The van der Waals surface area contributed by atoms with Gasteiger partial charge in [-0.25, -0.2) is 0 Å². The SMILES string of the molecule is CC(CNCCc1nnc2ccccn12)c1ccccc1. The van der Waals surface area contributed by atoms with Crippen molar-refractivity contribution < 1.29 is 0 Å². The molecule has 3 aromatic rings. The third-order valence-corrected chi connectivity index (χ3v) is 3.73. The zero-order valence-electron chi connectivity index (χ0n) is 12.2. The van der Waals surface area contributed by atoms with E-state index in [4.69, 9.17) is 0 Å². The molecule has 1 unspecified atom stereocenters. The molecule has 108 valence electrons. The molecular weight excluding hydrogens is 260 g/mol. The Balaban J connectivity index is 1.50. The molecule has 2 heterocycles. The van der Waals surface area contributed by atoms with Gasteiger partial charge in [0.05, 0.1) is 0 Å². The standard InChI is InChI=1S/C17H20N4/c1-14(15-7-3-2-4-8-15)13-18-11-10-17-20-19-16-9-5-6-12-21(16)17/h2-9,12,14,18H,10-11,13H2,1H3. The first kappa shape index (κ1) is 13.8. The van der Waals surface area contributed by atoms with Crippen molar-refractivity contribution in [2.45, 2.75) is 19.3 Å². The molecule has 0 bridgehead atoms. The summed E-state index contributed by atoms with van der Waals surface area (Å²) in [4.78, 5) is 0. The molecule has 3 rings (SSSR count). The number of aromatic nitrogens is 3. The average Bonchev–Trinajstić information content (AvgIpc) is 2.95. The van der Waals surface area contributed by atoms with Crippen LogP contribution in [0, 0.1) is 0 Å². The van der Waals surface area contributed by atoms with Gasteiger partial charge >= 0.3 is 0 Å². The molecule has 1 N–H and O–H groups in total. The first-order valence-electron chi connectivity index (χ1n) is 7.39. The third-order valence-electron chi connectivity index (χ3n) is 3.73. The normalized spacial score (nSPS) is 12.6. The fourth-order valence-corrected chi connectivity index (χ4v) is 2.48. The number of pyridine rings is 1. The number of hydrogen-bond donors (Lipinski definition) is 1. The molecule has 0 aliphatic carbocycles. The van der Waals surface area contributed by atoms with Crippen LogP contribution < -0.4 is 5.32 Å². The van der Waals surface area contributed by atoms with Crippen LogP contribution in [0.5, 0.6) is 0 Å². The zero-order valence-corrected chi connectivity index (χ0v) is 12.2. The summed E-state index contributed by atoms with van der Waals surface area (Å²) in [6.45, 7) is 4.13. The lowest BCUT2D eigenvalue weighted by molar-refractivity contribution is 0.606. The van der Waals surface area contributed by atoms with Gasteiger partial charge in [-0.15, -0.1) is 10.2 Å². The van der Waals surface area contributed by atoms with Gasteiger partial charge in [-0.2, -0.15) is 0 Å². The van der Waals surface area contributed by atoms with Crippen LogP contribution in [0.2, 0.25) is 0 Å². The number of nitrogens with zero attached hydrogens (tertiary/aromatic N) is 3. The number of nitrogens with one attached hydrogen (secondary N) is 1. The monoisotopic (exact) mass is 280 g/mol. The minimum absolute atomic E-state index is 0.515. The highest BCUT2D eigenvalue weighted by molar-refractivity contribution is 5.37. The van der Waals surface area contributed by atoms with Crippen molar-refractivity contribution in [1.29, 1.82) is 0 Å². The summed E-state index contributed by atoms with van der Waals surface area (Å²) in [5, 5.41) is 11.9. The maximum Gasteiger partial charge on any atom is 0.160 e. The van der Waals surface area contributed by atoms with Crippen LogP contribution in [-0.2, 0) is 6.42 Å². The predicted molar refractivity (Wildman–Crippen MR) is 84.4 cm³/mol. The molecule has 4 heteroatoms. The summed E-state index contributed by atoms with van der Waals surface area (Å²) in [6, 6.07) is 16.6. The van der Waals surface area contributed by atoms with Gasteiger partial charge in [0, 0.05) is 25.7 Å².